The minimum Gasteiger partial charge on any atom is -0.496 e. The van der Waals surface area contributed by atoms with Gasteiger partial charge in [0.15, 0.2) is 0 Å². The van der Waals surface area contributed by atoms with Crippen LogP contribution in [-0.2, 0) is 0 Å². The number of para-hydroxylation sites is 1. The molecular formula is C19H23NO. The molecule has 0 aromatic heterocycles. The largest absolute Gasteiger partial charge is 0.496 e. The normalized spacial score (nSPS) is 13.4. The summed E-state index contributed by atoms with van der Waals surface area (Å²) in [6.07, 6.45) is 2.85. The summed E-state index contributed by atoms with van der Waals surface area (Å²) in [5, 5.41) is 3.67. The molecule has 2 atom stereocenters. The Morgan fingerprint density at radius 1 is 1.10 bits per heavy atom. The van der Waals surface area contributed by atoms with E-state index in [1.165, 1.54) is 11.1 Å². The molecule has 0 aliphatic heterocycles. The van der Waals surface area contributed by atoms with Gasteiger partial charge in [-0.25, -0.2) is 0 Å². The summed E-state index contributed by atoms with van der Waals surface area (Å²) in [5.74, 6) is 0.919. The molecule has 2 nitrogen and oxygen atoms in total. The molecule has 0 spiro atoms. The molecule has 0 fully saturated rings. The highest BCUT2D eigenvalue weighted by molar-refractivity contribution is 5.36. The van der Waals surface area contributed by atoms with Gasteiger partial charge in [-0.15, -0.1) is 6.58 Å². The monoisotopic (exact) mass is 281 g/mol. The lowest BCUT2D eigenvalue weighted by Gasteiger charge is -2.24. The van der Waals surface area contributed by atoms with Gasteiger partial charge < -0.3 is 10.1 Å². The molecule has 0 radical (unpaired) electrons. The molecule has 1 N–H and O–H groups in total. The van der Waals surface area contributed by atoms with Crippen LogP contribution in [0.5, 0.6) is 5.75 Å². The van der Waals surface area contributed by atoms with Crippen molar-refractivity contribution < 1.29 is 4.74 Å². The fourth-order valence-electron chi connectivity index (χ4n) is 2.57. The average Bonchev–Trinajstić information content (AvgIpc) is 2.55. The van der Waals surface area contributed by atoms with E-state index in [0.29, 0.717) is 0 Å². The molecule has 0 heterocycles. The van der Waals surface area contributed by atoms with Crippen LogP contribution in [0.2, 0.25) is 0 Å². The van der Waals surface area contributed by atoms with Crippen LogP contribution in [0.25, 0.3) is 0 Å². The number of rotatable bonds is 7. The Morgan fingerprint density at radius 3 is 2.43 bits per heavy atom. The lowest BCUT2D eigenvalue weighted by molar-refractivity contribution is 0.394. The Kier molecular flexibility index (Phi) is 5.59. The van der Waals surface area contributed by atoms with E-state index in [1.807, 2.05) is 30.3 Å². The average molecular weight is 281 g/mol. The van der Waals surface area contributed by atoms with E-state index in [9.17, 15) is 0 Å². The van der Waals surface area contributed by atoms with Gasteiger partial charge >= 0.3 is 0 Å². The first-order chi connectivity index (χ1) is 10.3. The predicted octanol–water partition coefficient (Wildman–Crippen LogP) is 4.66. The number of methoxy groups -OCH3 is 1. The second-order valence-electron chi connectivity index (χ2n) is 5.12. The van der Waals surface area contributed by atoms with Crippen molar-refractivity contribution >= 4 is 0 Å². The molecule has 2 rings (SSSR count). The van der Waals surface area contributed by atoms with Crippen LogP contribution in [0.3, 0.4) is 0 Å². The number of benzene rings is 2. The Labute approximate surface area is 127 Å². The van der Waals surface area contributed by atoms with Crippen molar-refractivity contribution in [2.45, 2.75) is 25.4 Å². The van der Waals surface area contributed by atoms with Crippen LogP contribution < -0.4 is 10.1 Å². The minimum atomic E-state index is 0.200. The molecule has 0 saturated heterocycles. The van der Waals surface area contributed by atoms with Crippen molar-refractivity contribution in [3.8, 4) is 5.75 Å². The van der Waals surface area contributed by atoms with Gasteiger partial charge in [0.2, 0.25) is 0 Å². The Bertz CT molecular complexity index is 565. The second kappa shape index (κ2) is 7.65. The fourth-order valence-corrected chi connectivity index (χ4v) is 2.57. The number of hydrogen-bond acceptors (Lipinski definition) is 2. The zero-order valence-corrected chi connectivity index (χ0v) is 12.8. The molecule has 0 aliphatic rings. The number of nitrogens with one attached hydrogen (secondary N) is 1. The van der Waals surface area contributed by atoms with Crippen LogP contribution in [0.4, 0.5) is 0 Å². The quantitative estimate of drug-likeness (QED) is 0.745. The van der Waals surface area contributed by atoms with Gasteiger partial charge in [-0.3, -0.25) is 0 Å². The Hall–Kier alpha value is -2.06. The summed E-state index contributed by atoms with van der Waals surface area (Å²) in [5.41, 5.74) is 2.45. The predicted molar refractivity (Wildman–Crippen MR) is 88.5 cm³/mol. The van der Waals surface area contributed by atoms with Crippen LogP contribution in [0.15, 0.2) is 67.3 Å². The van der Waals surface area contributed by atoms with Gasteiger partial charge in [-0.2, -0.15) is 0 Å². The molecular weight excluding hydrogens is 258 g/mol. The zero-order chi connectivity index (χ0) is 15.1. The van der Waals surface area contributed by atoms with Gasteiger partial charge in [0.1, 0.15) is 5.75 Å². The maximum atomic E-state index is 5.45. The Balaban J connectivity index is 2.18. The van der Waals surface area contributed by atoms with Gasteiger partial charge in [-0.1, -0.05) is 54.6 Å². The van der Waals surface area contributed by atoms with Crippen LogP contribution in [0, 0.1) is 0 Å². The summed E-state index contributed by atoms with van der Waals surface area (Å²) in [7, 11) is 1.71. The van der Waals surface area contributed by atoms with Crippen molar-refractivity contribution in [3.05, 3.63) is 78.4 Å². The van der Waals surface area contributed by atoms with Crippen LogP contribution in [-0.4, -0.2) is 7.11 Å². The van der Waals surface area contributed by atoms with Crippen molar-refractivity contribution in [3.63, 3.8) is 0 Å². The van der Waals surface area contributed by atoms with E-state index in [0.717, 1.165) is 12.2 Å². The SMILES string of the molecule is C=CC[C@H](N[C@@H](C)c1ccccc1OC)c1ccccc1. The van der Waals surface area contributed by atoms with Crippen molar-refractivity contribution in [1.29, 1.82) is 0 Å². The number of ether oxygens (including phenoxy) is 1. The van der Waals surface area contributed by atoms with Gasteiger partial charge in [0, 0.05) is 17.6 Å². The maximum Gasteiger partial charge on any atom is 0.123 e. The lowest BCUT2D eigenvalue weighted by atomic mass is 10.0. The van der Waals surface area contributed by atoms with Crippen LogP contribution in [0.1, 0.15) is 36.6 Å². The third kappa shape index (κ3) is 3.96. The van der Waals surface area contributed by atoms with E-state index in [1.54, 1.807) is 7.11 Å². The topological polar surface area (TPSA) is 21.3 Å². The zero-order valence-electron chi connectivity index (χ0n) is 12.8. The molecule has 110 valence electrons. The van der Waals surface area contributed by atoms with Gasteiger partial charge in [0.25, 0.3) is 0 Å². The van der Waals surface area contributed by atoms with Crippen LogP contribution >= 0.6 is 0 Å². The Morgan fingerprint density at radius 2 is 1.76 bits per heavy atom. The molecule has 0 bridgehead atoms. The maximum absolute atomic E-state index is 5.45. The fraction of sp³-hybridized carbons (Fsp3) is 0.263. The minimum absolute atomic E-state index is 0.200. The van der Waals surface area contributed by atoms with E-state index >= 15 is 0 Å². The summed E-state index contributed by atoms with van der Waals surface area (Å²) in [4.78, 5) is 0. The second-order valence-corrected chi connectivity index (χ2v) is 5.12. The number of hydrogen-bond donors (Lipinski definition) is 1. The first-order valence-corrected chi connectivity index (χ1v) is 7.31. The van der Waals surface area contributed by atoms with Gasteiger partial charge in [-0.05, 0) is 25.0 Å². The first-order valence-electron chi connectivity index (χ1n) is 7.31. The standard InChI is InChI=1S/C19H23NO/c1-4-10-18(16-11-6-5-7-12-16)20-15(2)17-13-8-9-14-19(17)21-3/h4-9,11-15,18,20H,1,10H2,2-3H3/t15-,18-/m0/s1. The highest BCUT2D eigenvalue weighted by atomic mass is 16.5. The molecule has 0 saturated carbocycles. The smallest absolute Gasteiger partial charge is 0.123 e. The molecule has 2 aromatic rings. The third-order valence-corrected chi connectivity index (χ3v) is 3.66. The van der Waals surface area contributed by atoms with Gasteiger partial charge in [0.05, 0.1) is 7.11 Å². The van der Waals surface area contributed by atoms with Crippen molar-refractivity contribution in [2.75, 3.05) is 7.11 Å². The van der Waals surface area contributed by atoms with E-state index < -0.39 is 0 Å². The van der Waals surface area contributed by atoms with Crippen molar-refractivity contribution in [2.24, 2.45) is 0 Å². The van der Waals surface area contributed by atoms with E-state index in [4.69, 9.17) is 4.74 Å². The molecule has 0 amide bonds. The molecule has 21 heavy (non-hydrogen) atoms. The first kappa shape index (κ1) is 15.3. The summed E-state index contributed by atoms with van der Waals surface area (Å²) in [6.45, 7) is 6.04. The third-order valence-electron chi connectivity index (χ3n) is 3.66. The van der Waals surface area contributed by atoms with Crippen molar-refractivity contribution in [1.82, 2.24) is 5.32 Å². The molecule has 0 aliphatic carbocycles. The van der Waals surface area contributed by atoms with E-state index in [2.05, 4.69) is 49.2 Å². The molecule has 2 heteroatoms. The lowest BCUT2D eigenvalue weighted by Crippen LogP contribution is -2.24. The summed E-state index contributed by atoms with van der Waals surface area (Å²) in [6, 6.07) is 19.1. The highest BCUT2D eigenvalue weighted by Gasteiger charge is 2.16. The summed E-state index contributed by atoms with van der Waals surface area (Å²) < 4.78 is 5.45. The highest BCUT2D eigenvalue weighted by Crippen LogP contribution is 2.28. The summed E-state index contributed by atoms with van der Waals surface area (Å²) >= 11 is 0. The van der Waals surface area contributed by atoms with E-state index in [-0.39, 0.29) is 12.1 Å². The molecule has 2 aromatic carbocycles. The molecule has 0 unspecified atom stereocenters.